The van der Waals surface area contributed by atoms with Gasteiger partial charge in [-0.2, -0.15) is 0 Å². The Labute approximate surface area is 130 Å². The number of nitrogens with two attached hydrogens (primary N) is 1. The van der Waals surface area contributed by atoms with Gasteiger partial charge in [0.05, 0.1) is 18.5 Å². The van der Waals surface area contributed by atoms with Gasteiger partial charge in [0.2, 0.25) is 5.91 Å². The van der Waals surface area contributed by atoms with E-state index >= 15 is 0 Å². The third-order valence-corrected chi connectivity index (χ3v) is 3.13. The van der Waals surface area contributed by atoms with Crippen molar-refractivity contribution in [1.29, 1.82) is 0 Å². The highest BCUT2D eigenvalue weighted by Crippen LogP contribution is 2.13. The Balaban J connectivity index is 1.62. The van der Waals surface area contributed by atoms with Crippen LogP contribution in [-0.2, 0) is 4.79 Å². The van der Waals surface area contributed by atoms with Crippen molar-refractivity contribution < 1.29 is 9.53 Å². The molecular formula is C17H21N3O2. The largest absolute Gasteiger partial charge is 0.494 e. The standard InChI is InChI=1S/C17H21N3O2/c1-13-5-4-6-15(11-13)22-10-3-2-7-17(21)20-14-8-9-16(18)19-12-14/h4-6,8-9,11-12H,2-3,7,10H2,1H3,(H2,18,19)(H,20,21). The number of carbonyl (C=O) groups excluding carboxylic acids is 1. The fraction of sp³-hybridized carbons (Fsp3) is 0.294. The third kappa shape index (κ3) is 5.44. The Kier molecular flexibility index (Phi) is 5.77. The summed E-state index contributed by atoms with van der Waals surface area (Å²) in [7, 11) is 0. The summed E-state index contributed by atoms with van der Waals surface area (Å²) in [5, 5.41) is 2.79. The van der Waals surface area contributed by atoms with Crippen LogP contribution in [0.2, 0.25) is 0 Å². The molecule has 0 radical (unpaired) electrons. The van der Waals surface area contributed by atoms with Crippen molar-refractivity contribution >= 4 is 17.4 Å². The van der Waals surface area contributed by atoms with Gasteiger partial charge in [-0.3, -0.25) is 4.79 Å². The van der Waals surface area contributed by atoms with Gasteiger partial charge in [0.25, 0.3) is 0 Å². The molecule has 0 spiro atoms. The van der Waals surface area contributed by atoms with Crippen molar-refractivity contribution in [1.82, 2.24) is 4.98 Å². The van der Waals surface area contributed by atoms with Gasteiger partial charge in [-0.05, 0) is 49.6 Å². The molecule has 1 amide bonds. The van der Waals surface area contributed by atoms with Crippen molar-refractivity contribution in [3.63, 3.8) is 0 Å². The monoisotopic (exact) mass is 299 g/mol. The molecule has 0 atom stereocenters. The number of nitrogens with one attached hydrogen (secondary N) is 1. The average molecular weight is 299 g/mol. The molecule has 22 heavy (non-hydrogen) atoms. The van der Waals surface area contributed by atoms with Gasteiger partial charge < -0.3 is 15.8 Å². The summed E-state index contributed by atoms with van der Waals surface area (Å²) in [4.78, 5) is 15.7. The van der Waals surface area contributed by atoms with E-state index in [-0.39, 0.29) is 5.91 Å². The predicted octanol–water partition coefficient (Wildman–Crippen LogP) is 3.16. The second kappa shape index (κ2) is 8.02. The lowest BCUT2D eigenvalue weighted by Gasteiger charge is -2.07. The number of hydrogen-bond acceptors (Lipinski definition) is 4. The van der Waals surface area contributed by atoms with Crippen LogP contribution in [0.25, 0.3) is 0 Å². The Bertz CT molecular complexity index is 612. The number of anilines is 2. The van der Waals surface area contributed by atoms with Crippen LogP contribution >= 0.6 is 0 Å². The van der Waals surface area contributed by atoms with Crippen LogP contribution < -0.4 is 15.8 Å². The number of pyridine rings is 1. The summed E-state index contributed by atoms with van der Waals surface area (Å²) in [6, 6.07) is 11.3. The molecule has 0 aliphatic heterocycles. The SMILES string of the molecule is Cc1cccc(OCCCCC(=O)Nc2ccc(N)nc2)c1. The average Bonchev–Trinajstić information content (AvgIpc) is 2.49. The van der Waals surface area contributed by atoms with Gasteiger partial charge in [-0.25, -0.2) is 4.98 Å². The van der Waals surface area contributed by atoms with Crippen LogP contribution in [0.3, 0.4) is 0 Å². The summed E-state index contributed by atoms with van der Waals surface area (Å²) in [5.41, 5.74) is 7.33. The highest BCUT2D eigenvalue weighted by molar-refractivity contribution is 5.90. The molecule has 2 aromatic rings. The zero-order chi connectivity index (χ0) is 15.8. The lowest BCUT2D eigenvalue weighted by molar-refractivity contribution is -0.116. The maximum Gasteiger partial charge on any atom is 0.224 e. The van der Waals surface area contributed by atoms with E-state index in [0.29, 0.717) is 24.5 Å². The van der Waals surface area contributed by atoms with Crippen molar-refractivity contribution in [2.45, 2.75) is 26.2 Å². The van der Waals surface area contributed by atoms with E-state index in [1.54, 1.807) is 18.3 Å². The van der Waals surface area contributed by atoms with E-state index in [0.717, 1.165) is 18.6 Å². The summed E-state index contributed by atoms with van der Waals surface area (Å²) in [6.07, 6.45) is 3.62. The fourth-order valence-corrected chi connectivity index (χ4v) is 1.99. The first-order valence-electron chi connectivity index (χ1n) is 7.34. The number of benzene rings is 1. The van der Waals surface area contributed by atoms with Crippen LogP contribution in [0.1, 0.15) is 24.8 Å². The number of carbonyl (C=O) groups is 1. The van der Waals surface area contributed by atoms with Gasteiger partial charge in [0, 0.05) is 6.42 Å². The van der Waals surface area contributed by atoms with Gasteiger partial charge in [0.1, 0.15) is 11.6 Å². The lowest BCUT2D eigenvalue weighted by Crippen LogP contribution is -2.12. The number of aryl methyl sites for hydroxylation is 1. The quantitative estimate of drug-likeness (QED) is 0.770. The van der Waals surface area contributed by atoms with Crippen LogP contribution in [0.5, 0.6) is 5.75 Å². The zero-order valence-electron chi connectivity index (χ0n) is 12.7. The molecule has 116 valence electrons. The van der Waals surface area contributed by atoms with Gasteiger partial charge in [-0.15, -0.1) is 0 Å². The van der Waals surface area contributed by atoms with Crippen molar-refractivity contribution in [3.05, 3.63) is 48.2 Å². The summed E-state index contributed by atoms with van der Waals surface area (Å²) < 4.78 is 5.64. The van der Waals surface area contributed by atoms with E-state index in [1.807, 2.05) is 31.2 Å². The van der Waals surface area contributed by atoms with Crippen molar-refractivity contribution in [2.24, 2.45) is 0 Å². The molecule has 3 N–H and O–H groups in total. The molecular weight excluding hydrogens is 278 g/mol. The van der Waals surface area contributed by atoms with Gasteiger partial charge in [-0.1, -0.05) is 12.1 Å². The highest BCUT2D eigenvalue weighted by Gasteiger charge is 2.03. The molecule has 5 heteroatoms. The molecule has 1 aromatic heterocycles. The minimum absolute atomic E-state index is 0.0258. The second-order valence-corrected chi connectivity index (χ2v) is 5.14. The zero-order valence-corrected chi connectivity index (χ0v) is 12.7. The first kappa shape index (κ1) is 15.8. The number of unbranched alkanes of at least 4 members (excludes halogenated alkanes) is 1. The molecule has 0 saturated carbocycles. The topological polar surface area (TPSA) is 77.2 Å². The molecule has 0 aliphatic carbocycles. The number of nitrogens with zero attached hydrogens (tertiary/aromatic N) is 1. The maximum absolute atomic E-state index is 11.8. The van der Waals surface area contributed by atoms with Gasteiger partial charge >= 0.3 is 0 Å². The Morgan fingerprint density at radius 2 is 2.14 bits per heavy atom. The molecule has 0 unspecified atom stereocenters. The van der Waals surface area contributed by atoms with Crippen LogP contribution in [0.4, 0.5) is 11.5 Å². The highest BCUT2D eigenvalue weighted by atomic mass is 16.5. The minimum atomic E-state index is -0.0258. The number of hydrogen-bond donors (Lipinski definition) is 2. The number of aromatic nitrogens is 1. The first-order valence-corrected chi connectivity index (χ1v) is 7.34. The van der Waals surface area contributed by atoms with E-state index in [1.165, 1.54) is 5.56 Å². The summed E-state index contributed by atoms with van der Waals surface area (Å²) >= 11 is 0. The van der Waals surface area contributed by atoms with E-state index in [9.17, 15) is 4.79 Å². The Hall–Kier alpha value is -2.56. The number of amides is 1. The molecule has 2 rings (SSSR count). The molecule has 0 fully saturated rings. The Morgan fingerprint density at radius 1 is 1.27 bits per heavy atom. The van der Waals surface area contributed by atoms with Gasteiger partial charge in [0.15, 0.2) is 0 Å². The molecule has 0 aliphatic rings. The molecule has 5 nitrogen and oxygen atoms in total. The number of rotatable bonds is 7. The smallest absolute Gasteiger partial charge is 0.224 e. The summed E-state index contributed by atoms with van der Waals surface area (Å²) in [6.45, 7) is 2.64. The molecule has 0 bridgehead atoms. The van der Waals surface area contributed by atoms with E-state index in [2.05, 4.69) is 10.3 Å². The normalized spacial score (nSPS) is 10.2. The molecule has 1 aromatic carbocycles. The molecule has 0 saturated heterocycles. The Morgan fingerprint density at radius 3 is 2.86 bits per heavy atom. The summed E-state index contributed by atoms with van der Waals surface area (Å²) in [5.74, 6) is 1.28. The minimum Gasteiger partial charge on any atom is -0.494 e. The fourth-order valence-electron chi connectivity index (χ4n) is 1.99. The first-order chi connectivity index (χ1) is 10.6. The predicted molar refractivity (Wildman–Crippen MR) is 87.8 cm³/mol. The second-order valence-electron chi connectivity index (χ2n) is 5.14. The maximum atomic E-state index is 11.8. The van der Waals surface area contributed by atoms with Crippen LogP contribution in [0, 0.1) is 6.92 Å². The third-order valence-electron chi connectivity index (χ3n) is 3.13. The van der Waals surface area contributed by atoms with Crippen molar-refractivity contribution in [3.8, 4) is 5.75 Å². The van der Waals surface area contributed by atoms with Crippen LogP contribution in [-0.4, -0.2) is 17.5 Å². The number of ether oxygens (including phenoxy) is 1. The lowest BCUT2D eigenvalue weighted by atomic mass is 10.2. The van der Waals surface area contributed by atoms with Crippen LogP contribution in [0.15, 0.2) is 42.6 Å². The van der Waals surface area contributed by atoms with E-state index in [4.69, 9.17) is 10.5 Å². The molecule has 1 heterocycles. The van der Waals surface area contributed by atoms with Crippen molar-refractivity contribution in [2.75, 3.05) is 17.7 Å². The van der Waals surface area contributed by atoms with E-state index < -0.39 is 0 Å². The number of nitrogen functional groups attached to an aromatic ring is 1.